The Balaban J connectivity index is 1.86. The Bertz CT molecular complexity index is 619. The SMILES string of the molecule is CCCC/C=C/CC1C(O)CC(F)C1/C=C/C(O)COc1cccc(Cl)c1. The molecule has 2 N–H and O–H groups in total. The van der Waals surface area contributed by atoms with Gasteiger partial charge in [0.15, 0.2) is 0 Å². The van der Waals surface area contributed by atoms with Gasteiger partial charge in [-0.2, -0.15) is 0 Å². The van der Waals surface area contributed by atoms with Crippen LogP contribution in [0.1, 0.15) is 39.0 Å². The van der Waals surface area contributed by atoms with Crippen molar-refractivity contribution in [3.05, 3.63) is 53.6 Å². The van der Waals surface area contributed by atoms with E-state index in [1.165, 1.54) is 0 Å². The van der Waals surface area contributed by atoms with Crippen LogP contribution in [-0.4, -0.2) is 35.2 Å². The van der Waals surface area contributed by atoms with Crippen molar-refractivity contribution >= 4 is 11.6 Å². The number of allylic oxidation sites excluding steroid dienone is 3. The highest BCUT2D eigenvalue weighted by molar-refractivity contribution is 6.30. The summed E-state index contributed by atoms with van der Waals surface area (Å²) < 4.78 is 19.8. The lowest BCUT2D eigenvalue weighted by Gasteiger charge is -2.19. The van der Waals surface area contributed by atoms with E-state index >= 15 is 0 Å². The minimum atomic E-state index is -1.09. The van der Waals surface area contributed by atoms with E-state index in [-0.39, 0.29) is 18.9 Å². The number of halogens is 2. The zero-order valence-corrected chi connectivity index (χ0v) is 16.6. The highest BCUT2D eigenvalue weighted by Crippen LogP contribution is 2.38. The van der Waals surface area contributed by atoms with Gasteiger partial charge in [-0.25, -0.2) is 4.39 Å². The average molecular weight is 397 g/mol. The van der Waals surface area contributed by atoms with E-state index in [0.29, 0.717) is 17.2 Å². The first-order chi connectivity index (χ1) is 13.0. The molecule has 1 aliphatic carbocycles. The maximum Gasteiger partial charge on any atom is 0.120 e. The van der Waals surface area contributed by atoms with Gasteiger partial charge in [-0.15, -0.1) is 0 Å². The second kappa shape index (κ2) is 11.5. The molecule has 150 valence electrons. The minimum absolute atomic E-state index is 0.0602. The van der Waals surface area contributed by atoms with Crippen LogP contribution in [0.15, 0.2) is 48.6 Å². The molecule has 1 fully saturated rings. The molecule has 5 atom stereocenters. The fourth-order valence-corrected chi connectivity index (χ4v) is 3.59. The summed E-state index contributed by atoms with van der Waals surface area (Å²) in [4.78, 5) is 0. The lowest BCUT2D eigenvalue weighted by atomic mass is 9.90. The van der Waals surface area contributed by atoms with Crippen LogP contribution < -0.4 is 4.74 Å². The number of unbranched alkanes of at least 4 members (excludes halogenated alkanes) is 2. The zero-order valence-electron chi connectivity index (χ0n) is 15.8. The number of hydrogen-bond donors (Lipinski definition) is 2. The van der Waals surface area contributed by atoms with Gasteiger partial charge in [-0.05, 0) is 37.0 Å². The van der Waals surface area contributed by atoms with Crippen LogP contribution >= 0.6 is 11.6 Å². The van der Waals surface area contributed by atoms with E-state index in [2.05, 4.69) is 13.0 Å². The summed E-state index contributed by atoms with van der Waals surface area (Å²) >= 11 is 5.90. The largest absolute Gasteiger partial charge is 0.491 e. The van der Waals surface area contributed by atoms with Crippen LogP contribution in [0, 0.1) is 11.8 Å². The molecule has 0 bridgehead atoms. The van der Waals surface area contributed by atoms with Crippen molar-refractivity contribution in [1.82, 2.24) is 0 Å². The molecule has 27 heavy (non-hydrogen) atoms. The van der Waals surface area contributed by atoms with Crippen LogP contribution in [0.3, 0.4) is 0 Å². The van der Waals surface area contributed by atoms with Gasteiger partial charge in [-0.3, -0.25) is 0 Å². The van der Waals surface area contributed by atoms with Gasteiger partial charge in [0.05, 0.1) is 6.10 Å². The number of aliphatic hydroxyl groups is 2. The number of ether oxygens (including phenoxy) is 1. The maximum atomic E-state index is 14.3. The Morgan fingerprint density at radius 1 is 1.37 bits per heavy atom. The van der Waals surface area contributed by atoms with Crippen molar-refractivity contribution in [2.24, 2.45) is 11.8 Å². The van der Waals surface area contributed by atoms with E-state index in [9.17, 15) is 14.6 Å². The standard InChI is InChI=1S/C22H30ClFO3/c1-2-3-4-5-6-10-20-19(21(24)14-22(20)26)12-11-17(25)15-27-18-9-7-8-16(23)13-18/h5-9,11-13,17,19-22,25-26H,2-4,10,14-15H2,1H3/b6-5+,12-11+. The summed E-state index contributed by atoms with van der Waals surface area (Å²) in [6.45, 7) is 2.20. The van der Waals surface area contributed by atoms with Gasteiger partial charge in [0.1, 0.15) is 24.6 Å². The molecule has 1 aromatic rings. The van der Waals surface area contributed by atoms with Gasteiger partial charge in [0.25, 0.3) is 0 Å². The van der Waals surface area contributed by atoms with E-state index in [0.717, 1.165) is 19.3 Å². The minimum Gasteiger partial charge on any atom is -0.491 e. The predicted octanol–water partition coefficient (Wildman–Crippen LogP) is 5.11. The Labute approximate surface area is 166 Å². The number of benzene rings is 1. The summed E-state index contributed by atoms with van der Waals surface area (Å²) in [5.74, 6) is 0.0246. The Morgan fingerprint density at radius 2 is 2.19 bits per heavy atom. The van der Waals surface area contributed by atoms with E-state index in [4.69, 9.17) is 16.3 Å². The summed E-state index contributed by atoms with van der Waals surface area (Å²) in [5.41, 5.74) is 0. The molecule has 0 aliphatic heterocycles. The first kappa shape index (κ1) is 21.9. The summed E-state index contributed by atoms with van der Waals surface area (Å²) in [6, 6.07) is 6.94. The van der Waals surface area contributed by atoms with E-state index in [1.807, 2.05) is 6.08 Å². The molecular formula is C22H30ClFO3. The molecule has 0 amide bonds. The maximum absolute atomic E-state index is 14.3. The van der Waals surface area contributed by atoms with Crippen molar-refractivity contribution in [1.29, 1.82) is 0 Å². The summed E-state index contributed by atoms with van der Waals surface area (Å²) in [7, 11) is 0. The van der Waals surface area contributed by atoms with Crippen molar-refractivity contribution in [2.45, 2.75) is 57.4 Å². The van der Waals surface area contributed by atoms with Crippen LogP contribution in [0.2, 0.25) is 5.02 Å². The monoisotopic (exact) mass is 396 g/mol. The molecule has 0 heterocycles. The molecule has 0 aromatic heterocycles. The first-order valence-electron chi connectivity index (χ1n) is 9.73. The smallest absolute Gasteiger partial charge is 0.120 e. The second-order valence-electron chi connectivity index (χ2n) is 7.13. The highest BCUT2D eigenvalue weighted by atomic mass is 35.5. The summed E-state index contributed by atoms with van der Waals surface area (Å²) in [6.07, 6.45) is 8.90. The van der Waals surface area contributed by atoms with Crippen molar-refractivity contribution in [3.63, 3.8) is 0 Å². The molecule has 1 aromatic carbocycles. The molecule has 0 spiro atoms. The quantitative estimate of drug-likeness (QED) is 0.427. The van der Waals surface area contributed by atoms with Crippen LogP contribution in [0.4, 0.5) is 4.39 Å². The summed E-state index contributed by atoms with van der Waals surface area (Å²) in [5, 5.41) is 20.8. The van der Waals surface area contributed by atoms with Crippen molar-refractivity contribution in [3.8, 4) is 5.75 Å². The molecule has 0 saturated heterocycles. The Morgan fingerprint density at radius 3 is 2.93 bits per heavy atom. The fourth-order valence-electron chi connectivity index (χ4n) is 3.41. The highest BCUT2D eigenvalue weighted by Gasteiger charge is 2.40. The molecular weight excluding hydrogens is 367 g/mol. The number of alkyl halides is 1. The van der Waals surface area contributed by atoms with Gasteiger partial charge in [-0.1, -0.05) is 61.7 Å². The van der Waals surface area contributed by atoms with Crippen molar-refractivity contribution in [2.75, 3.05) is 6.61 Å². The fraction of sp³-hybridized carbons (Fsp3) is 0.545. The molecule has 1 saturated carbocycles. The van der Waals surface area contributed by atoms with Crippen LogP contribution in [-0.2, 0) is 0 Å². The molecule has 0 radical (unpaired) electrons. The van der Waals surface area contributed by atoms with Gasteiger partial charge < -0.3 is 14.9 Å². The third-order valence-electron chi connectivity index (χ3n) is 4.94. The molecule has 3 nitrogen and oxygen atoms in total. The van der Waals surface area contributed by atoms with Gasteiger partial charge in [0, 0.05) is 17.4 Å². The number of rotatable bonds is 10. The zero-order chi connectivity index (χ0) is 19.6. The number of hydrogen-bond acceptors (Lipinski definition) is 3. The average Bonchev–Trinajstić information content (AvgIpc) is 2.91. The third-order valence-corrected chi connectivity index (χ3v) is 5.18. The first-order valence-corrected chi connectivity index (χ1v) is 10.1. The van der Waals surface area contributed by atoms with Crippen LogP contribution in [0.25, 0.3) is 0 Å². The molecule has 5 unspecified atom stereocenters. The lowest BCUT2D eigenvalue weighted by molar-refractivity contribution is 0.124. The molecule has 5 heteroatoms. The normalized spacial score (nSPS) is 26.9. The van der Waals surface area contributed by atoms with E-state index < -0.39 is 24.3 Å². The molecule has 2 rings (SSSR count). The van der Waals surface area contributed by atoms with Crippen LogP contribution in [0.5, 0.6) is 5.75 Å². The number of aliphatic hydroxyl groups excluding tert-OH is 2. The topological polar surface area (TPSA) is 49.7 Å². The Hall–Kier alpha value is -1.36. The third kappa shape index (κ3) is 7.28. The lowest BCUT2D eigenvalue weighted by Crippen LogP contribution is -2.20. The van der Waals surface area contributed by atoms with E-state index in [1.54, 1.807) is 36.4 Å². The Kier molecular flexibility index (Phi) is 9.32. The predicted molar refractivity (Wildman–Crippen MR) is 108 cm³/mol. The van der Waals surface area contributed by atoms with Gasteiger partial charge >= 0.3 is 0 Å². The van der Waals surface area contributed by atoms with Crippen molar-refractivity contribution < 1.29 is 19.3 Å². The van der Waals surface area contributed by atoms with Gasteiger partial charge in [0.2, 0.25) is 0 Å². The molecule has 1 aliphatic rings. The second-order valence-corrected chi connectivity index (χ2v) is 7.57.